The minimum absolute atomic E-state index is 0. The monoisotopic (exact) mass is 658 g/mol. The van der Waals surface area contributed by atoms with Crippen molar-refractivity contribution in [1.82, 2.24) is 15.0 Å². The molecule has 4 aromatic rings. The summed E-state index contributed by atoms with van der Waals surface area (Å²) in [5.41, 5.74) is 10.8. The Balaban J connectivity index is 0.00000294. The number of nitrogen functional groups attached to an aromatic ring is 1. The summed E-state index contributed by atoms with van der Waals surface area (Å²) in [5, 5.41) is 9.67. The van der Waals surface area contributed by atoms with Crippen molar-refractivity contribution in [3.05, 3.63) is 65.2 Å². The zero-order valence-electron chi connectivity index (χ0n) is 22.2. The molecule has 0 atom stereocenters. The molecule has 0 bridgehead atoms. The fraction of sp³-hybridized carbons (Fsp3) is 0.0476. The Hall–Kier alpha value is -1.29. The van der Waals surface area contributed by atoms with Crippen LogP contribution in [0.2, 0.25) is 5.28 Å². The molecule has 4 rings (SSSR count). The van der Waals surface area contributed by atoms with Crippen LogP contribution < -0.4 is 105 Å². The van der Waals surface area contributed by atoms with E-state index in [-0.39, 0.29) is 134 Å². The second-order valence-corrected chi connectivity index (χ2v) is 10.8. The third-order valence-corrected chi connectivity index (χ3v) is 6.92. The van der Waals surface area contributed by atoms with Gasteiger partial charge in [-0.15, -0.1) is 21.0 Å². The maximum Gasteiger partial charge on any atom is 1.00 e. The summed E-state index contributed by atoms with van der Waals surface area (Å²) >= 11 is 5.80. The number of amides is 2. The summed E-state index contributed by atoms with van der Waals surface area (Å²) in [6, 6.07) is 9.68. The van der Waals surface area contributed by atoms with Gasteiger partial charge < -0.3 is 25.9 Å². The predicted octanol–water partition coefficient (Wildman–Crippen LogP) is -6.62. The second kappa shape index (κ2) is 15.6. The number of halogens is 1. The number of anilines is 2. The third-order valence-electron chi connectivity index (χ3n) is 5.01. The van der Waals surface area contributed by atoms with Crippen LogP contribution in [0.3, 0.4) is 0 Å². The molecule has 2 amide bonds. The number of fused-ring (bicyclic) bond motifs is 1. The first kappa shape index (κ1) is 38.7. The van der Waals surface area contributed by atoms with Crippen LogP contribution in [0.25, 0.3) is 10.8 Å². The van der Waals surface area contributed by atoms with Gasteiger partial charge in [0.05, 0.1) is 20.7 Å². The standard InChI is InChI=1S/C21H16ClN8O7S2.3Na/c22-19-26-18(27-20(23)28-19)7-10-4-5-13(14(6-10)25-21(24)31)29-30-15-9-12-11(8-17(15)39(35,36)37)2-1-3-16(12)38(32,33)34;;;/h2-6,8-9H,7H2,(H3,24,25,31)(H,32,33,34)(H,35,36,37)(H2,23,26,27,28);;;/q-1;3*+1/p-2. The van der Waals surface area contributed by atoms with Gasteiger partial charge in [-0.25, -0.2) is 18.2 Å². The molecule has 0 aliphatic rings. The van der Waals surface area contributed by atoms with Crippen LogP contribution in [0, 0.1) is 6.07 Å². The van der Waals surface area contributed by atoms with Crippen molar-refractivity contribution in [1.29, 1.82) is 0 Å². The van der Waals surface area contributed by atoms with Gasteiger partial charge in [0.1, 0.15) is 27.3 Å². The van der Waals surface area contributed by atoms with Crippen LogP contribution in [0.4, 0.5) is 27.8 Å². The Labute approximate surface area is 310 Å². The first-order chi connectivity index (χ1) is 18.2. The van der Waals surface area contributed by atoms with Crippen molar-refractivity contribution < 1.29 is 119 Å². The summed E-state index contributed by atoms with van der Waals surface area (Å²) in [6.45, 7) is 0. The van der Waals surface area contributed by atoms with Gasteiger partial charge in [0, 0.05) is 6.42 Å². The van der Waals surface area contributed by atoms with E-state index in [2.05, 4.69) is 36.6 Å². The van der Waals surface area contributed by atoms with Gasteiger partial charge in [0.15, 0.2) is 0 Å². The quantitative estimate of drug-likeness (QED) is 0.0727. The van der Waals surface area contributed by atoms with E-state index in [1.54, 1.807) is 0 Å². The van der Waals surface area contributed by atoms with Crippen molar-refractivity contribution in [3.63, 3.8) is 0 Å². The molecule has 202 valence electrons. The van der Waals surface area contributed by atoms with Crippen molar-refractivity contribution in [2.24, 2.45) is 16.0 Å². The fourth-order valence-electron chi connectivity index (χ4n) is 3.48. The van der Waals surface area contributed by atoms with Gasteiger partial charge in [0.25, 0.3) is 0 Å². The van der Waals surface area contributed by atoms with E-state index in [0.717, 1.165) is 18.2 Å². The number of carbonyl (C=O) groups is 1. The van der Waals surface area contributed by atoms with Crippen LogP contribution in [0.5, 0.6) is 0 Å². The fourth-order valence-corrected chi connectivity index (χ4v) is 4.95. The van der Waals surface area contributed by atoms with E-state index in [9.17, 15) is 30.7 Å². The molecule has 0 aliphatic heterocycles. The zero-order chi connectivity index (χ0) is 28.5. The molecular weight excluding hydrogens is 645 g/mol. The number of hydrogen-bond acceptors (Lipinski definition) is 13. The van der Waals surface area contributed by atoms with Gasteiger partial charge in [-0.05, 0) is 40.3 Å². The van der Waals surface area contributed by atoms with Crippen molar-refractivity contribution in [2.75, 3.05) is 11.1 Å². The summed E-state index contributed by atoms with van der Waals surface area (Å²) < 4.78 is 70.8. The van der Waals surface area contributed by atoms with Crippen molar-refractivity contribution in [2.45, 2.75) is 16.2 Å². The third kappa shape index (κ3) is 9.86. The first-order valence-electron chi connectivity index (χ1n) is 10.4. The van der Waals surface area contributed by atoms with Gasteiger partial charge in [-0.2, -0.15) is 28.2 Å². The molecule has 0 saturated heterocycles. The molecule has 1 heterocycles. The number of rotatable bonds is 7. The van der Waals surface area contributed by atoms with E-state index in [1.807, 2.05) is 0 Å². The normalized spacial score (nSPS) is 11.3. The number of nitrogens with zero attached hydrogens (tertiary/aromatic N) is 5. The number of benzene rings is 3. The van der Waals surface area contributed by atoms with Crippen molar-refractivity contribution in [3.8, 4) is 0 Å². The molecule has 0 fully saturated rings. The summed E-state index contributed by atoms with van der Waals surface area (Å²) in [6.07, 6.45) is 0.101. The Morgan fingerprint density at radius 2 is 1.57 bits per heavy atom. The van der Waals surface area contributed by atoms with Gasteiger partial charge >= 0.3 is 94.7 Å². The maximum absolute atomic E-state index is 11.9. The summed E-state index contributed by atoms with van der Waals surface area (Å²) in [4.78, 5) is 21.6. The minimum atomic E-state index is -5.13. The van der Waals surface area contributed by atoms with Crippen LogP contribution in [-0.2, 0) is 26.7 Å². The zero-order valence-corrected chi connectivity index (χ0v) is 30.6. The molecule has 0 saturated carbocycles. The van der Waals surface area contributed by atoms with Gasteiger partial charge in [-0.1, -0.05) is 12.1 Å². The predicted molar refractivity (Wildman–Crippen MR) is 135 cm³/mol. The summed E-state index contributed by atoms with van der Waals surface area (Å²) in [5.74, 6) is 0.117. The first-order valence-corrected chi connectivity index (χ1v) is 13.6. The van der Waals surface area contributed by atoms with Crippen LogP contribution in [0.15, 0.2) is 62.5 Å². The van der Waals surface area contributed by atoms with Gasteiger partial charge in [0.2, 0.25) is 11.2 Å². The van der Waals surface area contributed by atoms with E-state index in [0.29, 0.717) is 5.56 Å². The van der Waals surface area contributed by atoms with Crippen LogP contribution >= 0.6 is 11.6 Å². The number of carbonyl (C=O) groups excluding carboxylic acids is 1. The number of urea groups is 1. The Morgan fingerprint density at radius 1 is 0.929 bits per heavy atom. The number of azo groups is 1. The summed E-state index contributed by atoms with van der Waals surface area (Å²) in [7, 11) is -10.1. The largest absolute Gasteiger partial charge is 1.00 e. The number of nitrogens with two attached hydrogens (primary N) is 2. The van der Waals surface area contributed by atoms with E-state index < -0.39 is 41.7 Å². The molecule has 15 nitrogen and oxygen atoms in total. The molecule has 3 aromatic carbocycles. The Kier molecular flexibility index (Phi) is 14.4. The number of nitrogens with one attached hydrogen (secondary N) is 1. The smallest absolute Gasteiger partial charge is 0.754 e. The molecule has 0 aliphatic carbocycles. The van der Waals surface area contributed by atoms with E-state index in [1.165, 1.54) is 24.3 Å². The molecule has 1 aromatic heterocycles. The molecule has 0 radical (unpaired) electrons. The van der Waals surface area contributed by atoms with E-state index in [4.69, 9.17) is 23.1 Å². The molecule has 0 spiro atoms. The van der Waals surface area contributed by atoms with Gasteiger partial charge in [-0.3, -0.25) is 8.42 Å². The molecule has 5 N–H and O–H groups in total. The second-order valence-electron chi connectivity index (χ2n) is 7.73. The minimum Gasteiger partial charge on any atom is -0.754 e. The topological polar surface area (TPSA) is 259 Å². The van der Waals surface area contributed by atoms with Crippen molar-refractivity contribution >= 4 is 71.7 Å². The van der Waals surface area contributed by atoms with E-state index >= 15 is 0 Å². The SMILES string of the molecule is NC(=O)Nc1cc(Cc2nc(N)nc(Cl)n2)ccc1N=Nc1cc2c(S(=O)(=O)[O-])c[c-]cc2cc1S(=O)(=O)[O-].[Na+].[Na+].[Na+]. The molecule has 42 heavy (non-hydrogen) atoms. The molecule has 0 unspecified atom stereocenters. The average Bonchev–Trinajstić information content (AvgIpc) is 2.80. The maximum atomic E-state index is 11.9. The Bertz CT molecular complexity index is 1880. The molecule has 21 heteroatoms. The number of hydrogen-bond donors (Lipinski definition) is 3. The Morgan fingerprint density at radius 3 is 2.17 bits per heavy atom. The molecular formula is C21H14ClN8Na3O7S2. The van der Waals surface area contributed by atoms with Crippen LogP contribution in [-0.4, -0.2) is 46.9 Å². The number of aromatic nitrogens is 3. The van der Waals surface area contributed by atoms with Crippen LogP contribution in [0.1, 0.15) is 11.4 Å². The average molecular weight is 659 g/mol. The number of primary amides is 1.